The van der Waals surface area contributed by atoms with Crippen LogP contribution in [0.4, 0.5) is 10.1 Å². The molecule has 2 amide bonds. The SMILES string of the molecule is CC(C)(C)NC(=O)[C@@H](Cc1ccccc1)N(Cc1ccccc1Cl)C(=O)CN(c1ccccc1F)S(C)(=O)=O. The summed E-state index contributed by atoms with van der Waals surface area (Å²) in [5.41, 5.74) is 0.519. The molecule has 0 saturated carbocycles. The lowest BCUT2D eigenvalue weighted by atomic mass is 10.0. The Bertz CT molecular complexity index is 1410. The molecule has 0 bridgehead atoms. The van der Waals surface area contributed by atoms with Gasteiger partial charge in [-0.25, -0.2) is 12.8 Å². The Morgan fingerprint density at radius 2 is 1.54 bits per heavy atom. The van der Waals surface area contributed by atoms with Crippen molar-refractivity contribution >= 4 is 39.1 Å². The number of rotatable bonds is 10. The molecule has 0 heterocycles. The van der Waals surface area contributed by atoms with Crippen molar-refractivity contribution in [2.75, 3.05) is 17.1 Å². The summed E-state index contributed by atoms with van der Waals surface area (Å²) < 4.78 is 40.8. The van der Waals surface area contributed by atoms with Gasteiger partial charge in [-0.3, -0.25) is 13.9 Å². The van der Waals surface area contributed by atoms with Gasteiger partial charge in [-0.15, -0.1) is 0 Å². The van der Waals surface area contributed by atoms with Crippen molar-refractivity contribution in [3.8, 4) is 0 Å². The second-order valence-electron chi connectivity index (χ2n) is 10.3. The summed E-state index contributed by atoms with van der Waals surface area (Å²) in [6, 6.07) is 20.4. The fourth-order valence-corrected chi connectivity index (χ4v) is 5.11. The predicted octanol–water partition coefficient (Wildman–Crippen LogP) is 4.80. The molecule has 0 radical (unpaired) electrons. The number of sulfonamides is 1. The minimum atomic E-state index is -4.06. The number of benzene rings is 3. The Morgan fingerprint density at radius 1 is 0.949 bits per heavy atom. The summed E-state index contributed by atoms with van der Waals surface area (Å²) >= 11 is 6.42. The van der Waals surface area contributed by atoms with Crippen LogP contribution in [0.15, 0.2) is 78.9 Å². The summed E-state index contributed by atoms with van der Waals surface area (Å²) in [5, 5.41) is 3.33. The number of hydrogen-bond donors (Lipinski definition) is 1. The van der Waals surface area contributed by atoms with Gasteiger partial charge in [0.25, 0.3) is 0 Å². The molecule has 3 aromatic rings. The van der Waals surface area contributed by atoms with E-state index in [1.165, 1.54) is 23.1 Å². The lowest BCUT2D eigenvalue weighted by Crippen LogP contribution is -2.56. The van der Waals surface area contributed by atoms with Crippen molar-refractivity contribution in [3.63, 3.8) is 0 Å². The highest BCUT2D eigenvalue weighted by Crippen LogP contribution is 2.24. The van der Waals surface area contributed by atoms with Gasteiger partial charge in [0, 0.05) is 23.5 Å². The summed E-state index contributed by atoms with van der Waals surface area (Å²) in [5.74, 6) is -1.89. The van der Waals surface area contributed by atoms with Gasteiger partial charge >= 0.3 is 0 Å². The number of nitrogens with one attached hydrogen (secondary N) is 1. The van der Waals surface area contributed by atoms with Crippen LogP contribution in [0.5, 0.6) is 0 Å². The molecule has 1 atom stereocenters. The highest BCUT2D eigenvalue weighted by Gasteiger charge is 2.35. The fourth-order valence-electron chi connectivity index (χ4n) is 4.07. The molecule has 3 rings (SSSR count). The van der Waals surface area contributed by atoms with E-state index in [0.717, 1.165) is 17.9 Å². The lowest BCUT2D eigenvalue weighted by Gasteiger charge is -2.35. The van der Waals surface area contributed by atoms with Gasteiger partial charge in [-0.2, -0.15) is 0 Å². The quantitative estimate of drug-likeness (QED) is 0.377. The number of amides is 2. The molecule has 1 N–H and O–H groups in total. The van der Waals surface area contributed by atoms with Crippen LogP contribution in [0.25, 0.3) is 0 Å². The summed E-state index contributed by atoms with van der Waals surface area (Å²) in [4.78, 5) is 29.0. The number of anilines is 1. The van der Waals surface area contributed by atoms with Gasteiger partial charge in [0.15, 0.2) is 0 Å². The summed E-state index contributed by atoms with van der Waals surface area (Å²) in [6.07, 6.45) is 1.07. The molecule has 3 aromatic carbocycles. The van der Waals surface area contributed by atoms with E-state index in [1.54, 1.807) is 24.3 Å². The van der Waals surface area contributed by atoms with Crippen LogP contribution in [-0.4, -0.2) is 49.5 Å². The van der Waals surface area contributed by atoms with Crippen LogP contribution in [0.3, 0.4) is 0 Å². The van der Waals surface area contributed by atoms with E-state index < -0.39 is 45.8 Å². The Hall–Kier alpha value is -3.43. The fraction of sp³-hybridized carbons (Fsp3) is 0.310. The molecular weight excluding hydrogens is 541 g/mol. The van der Waals surface area contributed by atoms with Gasteiger partial charge < -0.3 is 10.2 Å². The summed E-state index contributed by atoms with van der Waals surface area (Å²) in [6.45, 7) is 4.71. The maximum atomic E-state index is 14.7. The van der Waals surface area contributed by atoms with E-state index in [9.17, 15) is 22.4 Å². The van der Waals surface area contributed by atoms with Crippen molar-refractivity contribution in [1.82, 2.24) is 10.2 Å². The first-order valence-electron chi connectivity index (χ1n) is 12.4. The molecule has 0 aromatic heterocycles. The lowest BCUT2D eigenvalue weighted by molar-refractivity contribution is -0.140. The maximum absolute atomic E-state index is 14.7. The monoisotopic (exact) mass is 573 g/mol. The number of carbonyl (C=O) groups is 2. The smallest absolute Gasteiger partial charge is 0.244 e. The predicted molar refractivity (Wildman–Crippen MR) is 152 cm³/mol. The molecule has 0 saturated heterocycles. The van der Waals surface area contributed by atoms with E-state index >= 15 is 0 Å². The molecule has 0 spiro atoms. The minimum absolute atomic E-state index is 0.0670. The van der Waals surface area contributed by atoms with Crippen LogP contribution in [0.2, 0.25) is 5.02 Å². The van der Waals surface area contributed by atoms with Crippen molar-refractivity contribution < 1.29 is 22.4 Å². The third kappa shape index (κ3) is 8.53. The van der Waals surface area contributed by atoms with Crippen molar-refractivity contribution in [2.45, 2.75) is 45.3 Å². The zero-order valence-corrected chi connectivity index (χ0v) is 24.0. The van der Waals surface area contributed by atoms with Crippen molar-refractivity contribution in [3.05, 3.63) is 101 Å². The largest absolute Gasteiger partial charge is 0.350 e. The van der Waals surface area contributed by atoms with Gasteiger partial charge in [0.2, 0.25) is 21.8 Å². The Kier molecular flexibility index (Phi) is 9.74. The molecule has 0 aliphatic rings. The number of halogens is 2. The molecule has 208 valence electrons. The molecular formula is C29H33ClFN3O4S. The third-order valence-electron chi connectivity index (χ3n) is 5.87. The highest BCUT2D eigenvalue weighted by molar-refractivity contribution is 7.92. The Balaban J connectivity index is 2.10. The second-order valence-corrected chi connectivity index (χ2v) is 12.6. The zero-order valence-electron chi connectivity index (χ0n) is 22.4. The van der Waals surface area contributed by atoms with E-state index in [-0.39, 0.29) is 18.7 Å². The van der Waals surface area contributed by atoms with E-state index in [2.05, 4.69) is 5.32 Å². The summed E-state index contributed by atoms with van der Waals surface area (Å²) in [7, 11) is -4.06. The van der Waals surface area contributed by atoms with Crippen LogP contribution in [0, 0.1) is 5.82 Å². The molecule has 39 heavy (non-hydrogen) atoms. The van der Waals surface area contributed by atoms with E-state index in [4.69, 9.17) is 11.6 Å². The average Bonchev–Trinajstić information content (AvgIpc) is 2.85. The maximum Gasteiger partial charge on any atom is 0.244 e. The standard InChI is InChI=1S/C29H33ClFN3O4S/c1-29(2,3)32-28(36)26(18-21-12-6-5-7-13-21)33(19-22-14-8-9-15-23(22)30)27(35)20-34(39(4,37)38)25-17-11-10-16-24(25)31/h5-17,26H,18-20H2,1-4H3,(H,32,36)/t26-/m1/s1. The molecule has 0 aliphatic carbocycles. The Morgan fingerprint density at radius 3 is 2.13 bits per heavy atom. The highest BCUT2D eigenvalue weighted by atomic mass is 35.5. The van der Waals surface area contributed by atoms with Crippen LogP contribution in [-0.2, 0) is 32.6 Å². The molecule has 0 fully saturated rings. The Labute approximate surface area is 234 Å². The van der Waals surface area contributed by atoms with Gasteiger partial charge in [0.05, 0.1) is 11.9 Å². The first kappa shape index (κ1) is 30.1. The van der Waals surface area contributed by atoms with Gasteiger partial charge in [0.1, 0.15) is 18.4 Å². The third-order valence-corrected chi connectivity index (χ3v) is 7.36. The normalized spacial score (nSPS) is 12.5. The number of para-hydroxylation sites is 1. The number of hydrogen-bond acceptors (Lipinski definition) is 4. The number of carbonyl (C=O) groups excluding carboxylic acids is 2. The topological polar surface area (TPSA) is 86.8 Å². The molecule has 10 heteroatoms. The molecule has 0 unspecified atom stereocenters. The molecule has 7 nitrogen and oxygen atoms in total. The number of nitrogens with zero attached hydrogens (tertiary/aromatic N) is 2. The van der Waals surface area contributed by atoms with Gasteiger partial charge in [-0.05, 0) is 50.1 Å². The second kappa shape index (κ2) is 12.6. The zero-order chi connectivity index (χ0) is 28.8. The van der Waals surface area contributed by atoms with Crippen LogP contribution >= 0.6 is 11.6 Å². The van der Waals surface area contributed by atoms with Gasteiger partial charge in [-0.1, -0.05) is 72.3 Å². The first-order valence-corrected chi connectivity index (χ1v) is 14.6. The van der Waals surface area contributed by atoms with E-state index in [0.29, 0.717) is 14.9 Å². The minimum Gasteiger partial charge on any atom is -0.350 e. The van der Waals surface area contributed by atoms with Crippen LogP contribution in [0.1, 0.15) is 31.9 Å². The molecule has 0 aliphatic heterocycles. The van der Waals surface area contributed by atoms with Crippen LogP contribution < -0.4 is 9.62 Å². The van der Waals surface area contributed by atoms with Crippen molar-refractivity contribution in [1.29, 1.82) is 0 Å². The first-order chi connectivity index (χ1) is 18.3. The van der Waals surface area contributed by atoms with E-state index in [1.807, 2.05) is 51.1 Å². The van der Waals surface area contributed by atoms with Crippen molar-refractivity contribution in [2.24, 2.45) is 0 Å². The average molecular weight is 574 g/mol.